The first-order valence-electron chi connectivity index (χ1n) is 6.50. The molecule has 20 heavy (non-hydrogen) atoms. The maximum Gasteiger partial charge on any atom is 0.124 e. The normalized spacial score (nSPS) is 13.9. The highest BCUT2D eigenvalue weighted by molar-refractivity contribution is 6.30. The van der Waals surface area contributed by atoms with E-state index in [0.717, 1.165) is 11.1 Å². The van der Waals surface area contributed by atoms with Crippen molar-refractivity contribution in [1.82, 2.24) is 5.32 Å². The molecule has 2 aromatic carbocycles. The van der Waals surface area contributed by atoms with Crippen molar-refractivity contribution < 1.29 is 10.2 Å². The van der Waals surface area contributed by atoms with Crippen molar-refractivity contribution in [1.29, 1.82) is 0 Å². The Morgan fingerprint density at radius 1 is 0.950 bits per heavy atom. The topological polar surface area (TPSA) is 52.5 Å². The third-order valence-electron chi connectivity index (χ3n) is 3.35. The van der Waals surface area contributed by atoms with Gasteiger partial charge in [-0.05, 0) is 37.6 Å². The highest BCUT2D eigenvalue weighted by Gasteiger charge is 2.14. The fourth-order valence-corrected chi connectivity index (χ4v) is 2.34. The van der Waals surface area contributed by atoms with Gasteiger partial charge < -0.3 is 15.5 Å². The minimum Gasteiger partial charge on any atom is -0.508 e. The summed E-state index contributed by atoms with van der Waals surface area (Å²) < 4.78 is 0. The lowest BCUT2D eigenvalue weighted by atomic mass is 10.0. The Morgan fingerprint density at radius 2 is 1.60 bits per heavy atom. The van der Waals surface area contributed by atoms with E-state index in [1.165, 1.54) is 6.07 Å². The Balaban J connectivity index is 2.10. The lowest BCUT2D eigenvalue weighted by Crippen LogP contribution is -2.22. The summed E-state index contributed by atoms with van der Waals surface area (Å²) in [5, 5.41) is 23.3. The maximum atomic E-state index is 9.86. The fraction of sp³-hybridized carbons (Fsp3) is 0.250. The average molecular weight is 292 g/mol. The van der Waals surface area contributed by atoms with Gasteiger partial charge in [-0.25, -0.2) is 0 Å². The Kier molecular flexibility index (Phi) is 4.53. The Hall–Kier alpha value is -1.71. The molecule has 2 unspecified atom stereocenters. The molecule has 0 fully saturated rings. The van der Waals surface area contributed by atoms with Gasteiger partial charge in [0.1, 0.15) is 11.5 Å². The highest BCUT2D eigenvalue weighted by Crippen LogP contribution is 2.29. The van der Waals surface area contributed by atoms with Crippen LogP contribution in [-0.2, 0) is 0 Å². The summed E-state index contributed by atoms with van der Waals surface area (Å²) in [6, 6.07) is 12.4. The molecule has 3 N–H and O–H groups in total. The van der Waals surface area contributed by atoms with E-state index < -0.39 is 0 Å². The number of hydrogen-bond acceptors (Lipinski definition) is 3. The molecule has 106 valence electrons. The van der Waals surface area contributed by atoms with Crippen molar-refractivity contribution in [2.75, 3.05) is 0 Å². The van der Waals surface area contributed by atoms with Gasteiger partial charge in [0.25, 0.3) is 0 Å². The molecule has 2 atom stereocenters. The minimum atomic E-state index is -0.0405. The van der Waals surface area contributed by atoms with Gasteiger partial charge in [0.05, 0.1) is 0 Å². The first kappa shape index (κ1) is 14.7. The molecule has 0 saturated carbocycles. The van der Waals surface area contributed by atoms with Crippen molar-refractivity contribution in [2.24, 2.45) is 0 Å². The molecule has 2 aromatic rings. The van der Waals surface area contributed by atoms with E-state index in [4.69, 9.17) is 11.6 Å². The molecule has 0 amide bonds. The summed E-state index contributed by atoms with van der Waals surface area (Å²) in [5.41, 5.74) is 1.88. The lowest BCUT2D eigenvalue weighted by Gasteiger charge is -2.21. The van der Waals surface area contributed by atoms with E-state index in [9.17, 15) is 10.2 Å². The number of halogens is 1. The number of benzene rings is 2. The van der Waals surface area contributed by atoms with Crippen LogP contribution in [0.5, 0.6) is 11.5 Å². The van der Waals surface area contributed by atoms with Crippen molar-refractivity contribution in [3.63, 3.8) is 0 Å². The number of aromatic hydroxyl groups is 2. The van der Waals surface area contributed by atoms with Crippen LogP contribution in [0.3, 0.4) is 0 Å². The largest absolute Gasteiger partial charge is 0.508 e. The predicted octanol–water partition coefficient (Wildman–Crippen LogP) is 4.16. The van der Waals surface area contributed by atoms with E-state index >= 15 is 0 Å². The van der Waals surface area contributed by atoms with Gasteiger partial charge in [0.2, 0.25) is 0 Å². The summed E-state index contributed by atoms with van der Waals surface area (Å²) in [5.74, 6) is 0.150. The zero-order valence-corrected chi connectivity index (χ0v) is 12.2. The van der Waals surface area contributed by atoms with Crippen LogP contribution in [-0.4, -0.2) is 10.2 Å². The van der Waals surface area contributed by atoms with Crippen LogP contribution >= 0.6 is 11.6 Å². The average Bonchev–Trinajstić information content (AvgIpc) is 2.39. The molecule has 0 aliphatic rings. The third-order valence-corrected chi connectivity index (χ3v) is 3.60. The lowest BCUT2D eigenvalue weighted by molar-refractivity contribution is 0.427. The second-order valence-corrected chi connectivity index (χ2v) is 5.34. The standard InChI is InChI=1S/C16H18ClNO2/c1-10(12-3-5-13(17)6-4-12)18-11(2)15-8-7-14(19)9-16(15)20/h3-11,18-20H,1-2H3. The van der Waals surface area contributed by atoms with Crippen LogP contribution in [0.25, 0.3) is 0 Å². The molecule has 0 spiro atoms. The van der Waals surface area contributed by atoms with Crippen LogP contribution < -0.4 is 5.32 Å². The molecule has 0 bridgehead atoms. The van der Waals surface area contributed by atoms with E-state index in [0.29, 0.717) is 5.02 Å². The Morgan fingerprint density at radius 3 is 2.20 bits per heavy atom. The number of nitrogens with one attached hydrogen (secondary N) is 1. The zero-order chi connectivity index (χ0) is 14.7. The van der Waals surface area contributed by atoms with Crippen LogP contribution in [0, 0.1) is 0 Å². The van der Waals surface area contributed by atoms with Crippen LogP contribution in [0.15, 0.2) is 42.5 Å². The van der Waals surface area contributed by atoms with Crippen molar-refractivity contribution in [3.8, 4) is 11.5 Å². The predicted molar refractivity (Wildman–Crippen MR) is 81.2 cm³/mol. The number of rotatable bonds is 4. The fourth-order valence-electron chi connectivity index (χ4n) is 2.21. The first-order chi connectivity index (χ1) is 9.47. The zero-order valence-electron chi connectivity index (χ0n) is 11.5. The van der Waals surface area contributed by atoms with Gasteiger partial charge in [-0.3, -0.25) is 0 Å². The molecule has 0 aromatic heterocycles. The summed E-state index contributed by atoms with van der Waals surface area (Å²) in [4.78, 5) is 0. The molecular formula is C16H18ClNO2. The van der Waals surface area contributed by atoms with Crippen molar-refractivity contribution in [3.05, 3.63) is 58.6 Å². The second kappa shape index (κ2) is 6.16. The van der Waals surface area contributed by atoms with Crippen molar-refractivity contribution >= 4 is 11.6 Å². The van der Waals surface area contributed by atoms with Gasteiger partial charge in [-0.1, -0.05) is 29.8 Å². The van der Waals surface area contributed by atoms with Gasteiger partial charge in [-0.15, -0.1) is 0 Å². The van der Waals surface area contributed by atoms with Gasteiger partial charge in [0.15, 0.2) is 0 Å². The molecule has 0 heterocycles. The molecule has 4 heteroatoms. The number of phenolic OH excluding ortho intramolecular Hbond substituents is 2. The molecule has 2 rings (SSSR count). The Labute approximate surface area is 123 Å². The first-order valence-corrected chi connectivity index (χ1v) is 6.88. The quantitative estimate of drug-likeness (QED) is 0.793. The summed E-state index contributed by atoms with van der Waals surface area (Å²) in [6.07, 6.45) is 0. The van der Waals surface area contributed by atoms with Gasteiger partial charge in [-0.2, -0.15) is 0 Å². The van der Waals surface area contributed by atoms with E-state index in [2.05, 4.69) is 12.2 Å². The minimum absolute atomic E-state index is 0.0405. The second-order valence-electron chi connectivity index (χ2n) is 4.90. The maximum absolute atomic E-state index is 9.86. The molecule has 0 saturated heterocycles. The molecule has 3 nitrogen and oxygen atoms in total. The van der Waals surface area contributed by atoms with Gasteiger partial charge in [0, 0.05) is 28.7 Å². The smallest absolute Gasteiger partial charge is 0.124 e. The van der Waals surface area contributed by atoms with Crippen LogP contribution in [0.4, 0.5) is 0 Å². The van der Waals surface area contributed by atoms with E-state index in [1.54, 1.807) is 12.1 Å². The van der Waals surface area contributed by atoms with E-state index in [1.807, 2.05) is 31.2 Å². The van der Waals surface area contributed by atoms with Crippen molar-refractivity contribution in [2.45, 2.75) is 25.9 Å². The third kappa shape index (κ3) is 3.44. The molecular weight excluding hydrogens is 274 g/mol. The van der Waals surface area contributed by atoms with E-state index in [-0.39, 0.29) is 23.6 Å². The number of hydrogen-bond donors (Lipinski definition) is 3. The highest BCUT2D eigenvalue weighted by atomic mass is 35.5. The molecule has 0 aliphatic heterocycles. The Bertz CT molecular complexity index is 584. The monoisotopic (exact) mass is 291 g/mol. The van der Waals surface area contributed by atoms with Crippen LogP contribution in [0.1, 0.15) is 37.1 Å². The summed E-state index contributed by atoms with van der Waals surface area (Å²) in [6.45, 7) is 4.02. The summed E-state index contributed by atoms with van der Waals surface area (Å²) >= 11 is 5.88. The molecule has 0 aliphatic carbocycles. The number of phenols is 2. The summed E-state index contributed by atoms with van der Waals surface area (Å²) in [7, 11) is 0. The van der Waals surface area contributed by atoms with Crippen LogP contribution in [0.2, 0.25) is 5.02 Å². The van der Waals surface area contributed by atoms with Gasteiger partial charge >= 0.3 is 0 Å². The SMILES string of the molecule is CC(NC(C)c1ccc(O)cc1O)c1ccc(Cl)cc1. The molecule has 0 radical (unpaired) electrons.